The lowest BCUT2D eigenvalue weighted by molar-refractivity contribution is 1.06. The maximum Gasteiger partial charge on any atom is 0.263 e. The van der Waals surface area contributed by atoms with Gasteiger partial charge in [-0.25, -0.2) is 0 Å². The molecule has 1 aromatic heterocycles. The van der Waals surface area contributed by atoms with Crippen LogP contribution in [0.2, 0.25) is 0 Å². The van der Waals surface area contributed by atoms with Crippen molar-refractivity contribution in [2.45, 2.75) is 0 Å². The lowest BCUT2D eigenvalue weighted by Crippen LogP contribution is -2.19. The number of fused-ring (bicyclic) bond motifs is 3. The summed E-state index contributed by atoms with van der Waals surface area (Å²) in [5.41, 5.74) is 1.79. The zero-order chi connectivity index (χ0) is 16.0. The Morgan fingerprint density at radius 2 is 1.52 bits per heavy atom. The molecule has 3 aromatic carbocycles. The van der Waals surface area contributed by atoms with Crippen molar-refractivity contribution in [3.63, 3.8) is 0 Å². The first-order valence-corrected chi connectivity index (χ1v) is 8.61. The van der Waals surface area contributed by atoms with Gasteiger partial charge >= 0.3 is 0 Å². The maximum atomic E-state index is 13.1. The van der Waals surface area contributed by atoms with E-state index < -0.39 is 0 Å². The normalized spacial score (nSPS) is 11.2. The van der Waals surface area contributed by atoms with E-state index in [2.05, 4.69) is 38.3 Å². The third kappa shape index (κ3) is 2.44. The quantitative estimate of drug-likeness (QED) is 0.367. The van der Waals surface area contributed by atoms with Crippen molar-refractivity contribution in [3.8, 4) is 5.69 Å². The van der Waals surface area contributed by atoms with Gasteiger partial charge in [-0.3, -0.25) is 9.36 Å². The third-order valence-corrected chi connectivity index (χ3v) is 4.88. The molecular weight excluding hydrogens is 365 g/mol. The van der Waals surface area contributed by atoms with Crippen LogP contribution in [-0.4, -0.2) is 20.9 Å². The highest BCUT2D eigenvalue weighted by atomic mass is 79.9. The van der Waals surface area contributed by atoms with Crippen LogP contribution in [-0.2, 0) is 0 Å². The molecule has 0 aliphatic rings. The minimum Gasteiger partial charge on any atom is -0.276 e. The molecule has 0 aliphatic carbocycles. The highest BCUT2D eigenvalue weighted by Crippen LogP contribution is 2.27. The number of halogens is 1. The highest BCUT2D eigenvalue weighted by Gasteiger charge is 2.12. The standard InChI is InChI=1S/C19H11BrNO.Al/c20-13-10-11-18-17(12-13)15-8-4-5-9-16(15)19(22)21(18)14-6-2-1-3-7-14;/h2-12H;. The second kappa shape index (κ2) is 5.65. The van der Waals surface area contributed by atoms with Gasteiger partial charge in [0.05, 0.1) is 5.52 Å². The molecule has 0 fully saturated rings. The first kappa shape index (κ1) is 14.7. The molecule has 0 unspecified atom stereocenters. The zero-order valence-corrected chi connectivity index (χ0v) is 14.9. The van der Waals surface area contributed by atoms with E-state index in [1.54, 1.807) is 4.57 Å². The highest BCUT2D eigenvalue weighted by molar-refractivity contribution is 9.10. The van der Waals surface area contributed by atoms with Crippen molar-refractivity contribution >= 4 is 58.3 Å². The molecule has 0 saturated carbocycles. The molecule has 108 valence electrons. The van der Waals surface area contributed by atoms with Crippen molar-refractivity contribution in [2.24, 2.45) is 0 Å². The van der Waals surface area contributed by atoms with Crippen molar-refractivity contribution < 1.29 is 0 Å². The summed E-state index contributed by atoms with van der Waals surface area (Å²) >= 11 is 6.20. The molecule has 4 aromatic rings. The van der Waals surface area contributed by atoms with E-state index >= 15 is 0 Å². The number of pyridine rings is 1. The Kier molecular flexibility index (Phi) is 3.62. The first-order valence-electron chi connectivity index (χ1n) is 7.24. The van der Waals surface area contributed by atoms with Crippen LogP contribution in [0.4, 0.5) is 0 Å². The third-order valence-electron chi connectivity index (χ3n) is 4.00. The predicted molar refractivity (Wildman–Crippen MR) is 100 cm³/mol. The fourth-order valence-corrected chi connectivity index (χ4v) is 3.49. The van der Waals surface area contributed by atoms with Gasteiger partial charge in [0.15, 0.2) is 16.3 Å². The fourth-order valence-electron chi connectivity index (χ4n) is 2.93. The Morgan fingerprint density at radius 1 is 0.826 bits per heavy atom. The van der Waals surface area contributed by atoms with Gasteiger partial charge in [0, 0.05) is 20.9 Å². The molecule has 2 radical (unpaired) electrons. The summed E-state index contributed by atoms with van der Waals surface area (Å²) in [5.74, 6) is 0. The zero-order valence-electron chi connectivity index (χ0n) is 12.2. The number of nitrogens with zero attached hydrogens (tertiary/aromatic N) is 1. The van der Waals surface area contributed by atoms with E-state index in [0.717, 1.165) is 36.3 Å². The Hall–Kier alpha value is -1.86. The Morgan fingerprint density at radius 3 is 2.26 bits per heavy atom. The van der Waals surface area contributed by atoms with Gasteiger partial charge in [-0.05, 0) is 41.8 Å². The van der Waals surface area contributed by atoms with Gasteiger partial charge in [-0.2, -0.15) is 0 Å². The van der Waals surface area contributed by atoms with Crippen LogP contribution in [0.3, 0.4) is 0 Å². The van der Waals surface area contributed by atoms with Gasteiger partial charge in [0.1, 0.15) is 0 Å². The molecule has 4 rings (SSSR count). The second-order valence-corrected chi connectivity index (χ2v) is 7.02. The Labute approximate surface area is 149 Å². The minimum atomic E-state index is 0.00642. The number of hydrogen-bond acceptors (Lipinski definition) is 1. The average Bonchev–Trinajstić information content (AvgIpc) is 2.57. The molecule has 23 heavy (non-hydrogen) atoms. The molecule has 4 heteroatoms. The molecule has 0 bridgehead atoms. The predicted octanol–water partition coefficient (Wildman–Crippen LogP) is 3.70. The van der Waals surface area contributed by atoms with Crippen LogP contribution in [0.15, 0.2) is 76.0 Å². The monoisotopic (exact) mass is 375 g/mol. The lowest BCUT2D eigenvalue weighted by Gasteiger charge is -2.14. The van der Waals surface area contributed by atoms with E-state index in [9.17, 15) is 4.79 Å². The number of rotatable bonds is 1. The van der Waals surface area contributed by atoms with E-state index in [1.165, 1.54) is 0 Å². The van der Waals surface area contributed by atoms with Crippen molar-refractivity contribution in [3.05, 3.63) is 81.6 Å². The molecule has 0 N–H and O–H groups in total. The molecule has 0 atom stereocenters. The molecule has 0 spiro atoms. The lowest BCUT2D eigenvalue weighted by atomic mass is 10.1. The van der Waals surface area contributed by atoms with Crippen molar-refractivity contribution in [2.75, 3.05) is 0 Å². The summed E-state index contributed by atoms with van der Waals surface area (Å²) in [6, 6.07) is 21.7. The molecule has 0 amide bonds. The number of hydrogen-bond donors (Lipinski definition) is 0. The summed E-state index contributed by atoms with van der Waals surface area (Å²) in [5, 5.41) is 2.77. The van der Waals surface area contributed by atoms with Gasteiger partial charge in [-0.1, -0.05) is 46.3 Å². The molecule has 0 aliphatic heterocycles. The van der Waals surface area contributed by atoms with Gasteiger partial charge in [0.2, 0.25) is 0 Å². The van der Waals surface area contributed by atoms with Gasteiger partial charge in [0.25, 0.3) is 5.56 Å². The maximum absolute atomic E-state index is 13.1. The largest absolute Gasteiger partial charge is 0.276 e. The van der Waals surface area contributed by atoms with E-state index in [1.807, 2.05) is 60.7 Å². The summed E-state index contributed by atoms with van der Waals surface area (Å²) in [6.45, 7) is 0. The Bertz CT molecular complexity index is 1100. The molecular formula is C19H11AlBrNO. The Balaban J connectivity index is 2.23. The van der Waals surface area contributed by atoms with E-state index in [-0.39, 0.29) is 5.56 Å². The van der Waals surface area contributed by atoms with Gasteiger partial charge < -0.3 is 0 Å². The molecule has 2 nitrogen and oxygen atoms in total. The number of aromatic nitrogens is 1. The van der Waals surface area contributed by atoms with Crippen molar-refractivity contribution in [1.29, 1.82) is 0 Å². The van der Waals surface area contributed by atoms with Crippen LogP contribution < -0.4 is 9.98 Å². The molecule has 1 heterocycles. The van der Waals surface area contributed by atoms with Gasteiger partial charge in [-0.15, -0.1) is 4.43 Å². The van der Waals surface area contributed by atoms with E-state index in [0.29, 0.717) is 0 Å². The van der Waals surface area contributed by atoms with Crippen LogP contribution in [0, 0.1) is 0 Å². The molecule has 0 saturated heterocycles. The summed E-state index contributed by atoms with van der Waals surface area (Å²) in [6.07, 6.45) is 0. The summed E-state index contributed by atoms with van der Waals surface area (Å²) < 4.78 is 3.88. The average molecular weight is 376 g/mol. The second-order valence-electron chi connectivity index (χ2n) is 5.44. The summed E-state index contributed by atoms with van der Waals surface area (Å²) in [4.78, 5) is 13.1. The van der Waals surface area contributed by atoms with Crippen LogP contribution in [0.5, 0.6) is 0 Å². The SMILES string of the molecule is O=c1c2ccccc2c2cc(Br)ccc2n1-c1cc[c]([Al])cc1. The van der Waals surface area contributed by atoms with Crippen molar-refractivity contribution in [1.82, 2.24) is 4.57 Å². The minimum absolute atomic E-state index is 0.00642. The topological polar surface area (TPSA) is 22.0 Å². The fraction of sp³-hybridized carbons (Fsp3) is 0. The number of benzene rings is 3. The first-order chi connectivity index (χ1) is 11.1. The van der Waals surface area contributed by atoms with Crippen LogP contribution in [0.25, 0.3) is 27.4 Å². The van der Waals surface area contributed by atoms with E-state index in [4.69, 9.17) is 0 Å². The smallest absolute Gasteiger partial charge is 0.263 e. The van der Waals surface area contributed by atoms with Crippen LogP contribution in [0.1, 0.15) is 0 Å². The van der Waals surface area contributed by atoms with Crippen LogP contribution >= 0.6 is 15.9 Å². The summed E-state index contributed by atoms with van der Waals surface area (Å²) in [7, 11) is 0.